The lowest BCUT2D eigenvalue weighted by Crippen LogP contribution is -2.52. The molecule has 2 aromatic carbocycles. The summed E-state index contributed by atoms with van der Waals surface area (Å²) in [4.78, 5) is 50.9. The number of hydrogen-bond donors (Lipinski definition) is 0. The monoisotopic (exact) mass is 773 g/mol. The molecule has 3 amide bonds. The van der Waals surface area contributed by atoms with Gasteiger partial charge in [-0.25, -0.2) is 14.1 Å². The van der Waals surface area contributed by atoms with Crippen LogP contribution in [-0.4, -0.2) is 104 Å². The molecule has 12 nitrogen and oxygen atoms in total. The zero-order chi connectivity index (χ0) is 39.6. The molecule has 3 aliphatic rings. The minimum Gasteiger partial charge on any atom is -0.478 e. The average molecular weight is 774 g/mol. The third-order valence-electron chi connectivity index (χ3n) is 10.6. The molecule has 6 bridgehead atoms. The third kappa shape index (κ3) is 8.52. The fourth-order valence-corrected chi connectivity index (χ4v) is 7.54. The normalized spacial score (nSPS) is 21.3. The first-order chi connectivity index (χ1) is 26.9. The van der Waals surface area contributed by atoms with Crippen molar-refractivity contribution >= 4 is 17.7 Å². The first kappa shape index (κ1) is 38.5. The lowest BCUT2D eigenvalue weighted by molar-refractivity contribution is -0.139. The predicted molar refractivity (Wildman–Crippen MR) is 193 cm³/mol. The Bertz CT molecular complexity index is 2140. The zero-order valence-corrected chi connectivity index (χ0v) is 30.5. The van der Waals surface area contributed by atoms with Crippen molar-refractivity contribution in [2.24, 2.45) is 11.8 Å². The summed E-state index contributed by atoms with van der Waals surface area (Å²) < 4.78 is 69.3. The summed E-state index contributed by atoms with van der Waals surface area (Å²) in [6.07, 6.45) is 2.94. The second-order valence-corrected chi connectivity index (χ2v) is 14.3. The predicted octanol–water partition coefficient (Wildman–Crippen LogP) is 5.02. The summed E-state index contributed by atoms with van der Waals surface area (Å²) in [5.74, 6) is 0.492. The summed E-state index contributed by atoms with van der Waals surface area (Å²) in [5.41, 5.74) is 0.492. The number of fused-ring (bicyclic) bond motifs is 8. The number of terminal acetylenes is 1. The summed E-state index contributed by atoms with van der Waals surface area (Å²) in [6.45, 7) is 0.771. The quantitative estimate of drug-likeness (QED) is 0.190. The first-order valence-corrected chi connectivity index (χ1v) is 18.2. The van der Waals surface area contributed by atoms with Gasteiger partial charge in [0.15, 0.2) is 0 Å². The van der Waals surface area contributed by atoms with Crippen molar-refractivity contribution in [3.63, 3.8) is 0 Å². The molecule has 0 spiro atoms. The lowest BCUT2D eigenvalue weighted by atomic mass is 9.80. The molecular formula is C40H39F4N7O5. The molecule has 2 aromatic heterocycles. The van der Waals surface area contributed by atoms with Crippen LogP contribution < -0.4 is 4.74 Å². The number of ether oxygens (including phenoxy) is 2. The van der Waals surface area contributed by atoms with E-state index in [2.05, 4.69) is 21.2 Å². The Morgan fingerprint density at radius 2 is 1.86 bits per heavy atom. The standard InChI is InChI=1S/C40H39F4N7O5/c1-3-13-48(2)37(52)17-25-11-14-49-21-28(25)12-15-55-36-19-29(40(42,43)44)18-34(45-36)26-5-4-6-27(16-26)38(53)50-23-33(20-35(50)39(49)54)56-24-31-22-51(47-46-31)32-9-7-30(41)8-10-32/h1,4-10,16,18-19,22,25,28,33,35H,11-15,17,20-21,23-24H2,2H3/t25-,28-,33+,35-/m0/s1. The molecule has 0 saturated carbocycles. The molecule has 16 heteroatoms. The van der Waals surface area contributed by atoms with Gasteiger partial charge in [0.2, 0.25) is 17.7 Å². The molecule has 292 valence electrons. The van der Waals surface area contributed by atoms with Gasteiger partial charge in [-0.15, -0.1) is 11.5 Å². The maximum atomic E-state index is 14.5. The zero-order valence-electron chi connectivity index (χ0n) is 30.5. The van der Waals surface area contributed by atoms with E-state index in [1.807, 2.05) is 0 Å². The number of carbonyl (C=O) groups is 3. The summed E-state index contributed by atoms with van der Waals surface area (Å²) in [5, 5.41) is 8.26. The number of alkyl halides is 3. The van der Waals surface area contributed by atoms with Gasteiger partial charge in [-0.2, -0.15) is 13.2 Å². The van der Waals surface area contributed by atoms with Crippen LogP contribution in [0, 0.1) is 30.0 Å². The highest BCUT2D eigenvalue weighted by Gasteiger charge is 2.44. The number of pyridine rings is 1. The second-order valence-electron chi connectivity index (χ2n) is 14.3. The number of benzene rings is 2. The van der Waals surface area contributed by atoms with Gasteiger partial charge in [0.25, 0.3) is 5.91 Å². The molecule has 4 aromatic rings. The molecule has 2 fully saturated rings. The minimum atomic E-state index is -4.70. The van der Waals surface area contributed by atoms with Crippen LogP contribution in [0.3, 0.4) is 0 Å². The Kier molecular flexibility index (Phi) is 11.1. The SMILES string of the molecule is C#CCN(C)C(=O)C[C@@H]1CCN2C[C@@H]1CCOc1cc(C(F)(F)F)cc(n1)-c1cccc(c1)C(=O)N1C[C@H](OCc3cn(-c4ccc(F)cc4)nn3)C[C@H]1C2=O. The van der Waals surface area contributed by atoms with Gasteiger partial charge in [-0.1, -0.05) is 23.3 Å². The number of piperidine rings is 1. The van der Waals surface area contributed by atoms with Crippen LogP contribution in [0.5, 0.6) is 5.88 Å². The lowest BCUT2D eigenvalue weighted by Gasteiger charge is -2.40. The van der Waals surface area contributed by atoms with Crippen molar-refractivity contribution in [2.75, 3.05) is 39.8 Å². The number of aromatic nitrogens is 4. The van der Waals surface area contributed by atoms with Gasteiger partial charge in [-0.05, 0) is 67.1 Å². The summed E-state index contributed by atoms with van der Waals surface area (Å²) in [7, 11) is 1.62. The molecule has 2 saturated heterocycles. The highest BCUT2D eigenvalue weighted by molar-refractivity contribution is 5.99. The highest BCUT2D eigenvalue weighted by atomic mass is 19.4. The van der Waals surface area contributed by atoms with Crippen LogP contribution in [0.25, 0.3) is 16.9 Å². The third-order valence-corrected chi connectivity index (χ3v) is 10.6. The van der Waals surface area contributed by atoms with E-state index < -0.39 is 29.8 Å². The van der Waals surface area contributed by atoms with Crippen molar-refractivity contribution in [1.29, 1.82) is 0 Å². The van der Waals surface area contributed by atoms with Crippen LogP contribution in [0.4, 0.5) is 17.6 Å². The van der Waals surface area contributed by atoms with E-state index in [-0.39, 0.29) is 97.9 Å². The van der Waals surface area contributed by atoms with Crippen molar-refractivity contribution in [1.82, 2.24) is 34.7 Å². The fourth-order valence-electron chi connectivity index (χ4n) is 7.54. The van der Waals surface area contributed by atoms with E-state index in [1.54, 1.807) is 48.5 Å². The number of hydrogen-bond acceptors (Lipinski definition) is 8. The maximum absolute atomic E-state index is 14.5. The largest absolute Gasteiger partial charge is 0.478 e. The van der Waals surface area contributed by atoms with Crippen molar-refractivity contribution in [3.05, 3.63) is 89.5 Å². The number of nitrogens with zero attached hydrogens (tertiary/aromatic N) is 7. The Morgan fingerprint density at radius 1 is 1.07 bits per heavy atom. The van der Waals surface area contributed by atoms with Gasteiger partial charge < -0.3 is 24.2 Å². The topological polar surface area (TPSA) is 123 Å². The molecule has 5 heterocycles. The molecule has 56 heavy (non-hydrogen) atoms. The van der Waals surface area contributed by atoms with Gasteiger partial charge >= 0.3 is 6.18 Å². The van der Waals surface area contributed by atoms with E-state index in [4.69, 9.17) is 15.9 Å². The van der Waals surface area contributed by atoms with E-state index in [1.165, 1.54) is 32.7 Å². The van der Waals surface area contributed by atoms with Crippen molar-refractivity contribution < 1.29 is 41.4 Å². The van der Waals surface area contributed by atoms with Crippen molar-refractivity contribution in [3.8, 4) is 35.2 Å². The summed E-state index contributed by atoms with van der Waals surface area (Å²) in [6, 6.07) is 12.7. The Morgan fingerprint density at radius 3 is 2.62 bits per heavy atom. The van der Waals surface area contributed by atoms with Gasteiger partial charge in [0.1, 0.15) is 17.6 Å². The minimum absolute atomic E-state index is 0.0128. The number of halogens is 4. The smallest absolute Gasteiger partial charge is 0.416 e. The van der Waals surface area contributed by atoms with Crippen LogP contribution in [0.2, 0.25) is 0 Å². The Labute approximate surface area is 320 Å². The van der Waals surface area contributed by atoms with Crippen LogP contribution in [-0.2, 0) is 27.1 Å². The van der Waals surface area contributed by atoms with Crippen LogP contribution in [0.1, 0.15) is 47.3 Å². The number of carbonyl (C=O) groups excluding carboxylic acids is 3. The molecule has 7 rings (SSSR count). The molecule has 4 atom stereocenters. The average Bonchev–Trinajstić information content (AvgIpc) is 3.84. The Balaban J connectivity index is 1.19. The maximum Gasteiger partial charge on any atom is 0.416 e. The van der Waals surface area contributed by atoms with Gasteiger partial charge in [0.05, 0.1) is 49.0 Å². The first-order valence-electron chi connectivity index (χ1n) is 18.2. The summed E-state index contributed by atoms with van der Waals surface area (Å²) >= 11 is 0. The molecule has 3 aliphatic heterocycles. The number of amides is 3. The Hall–Kier alpha value is -5.82. The molecular weight excluding hydrogens is 734 g/mol. The van der Waals surface area contributed by atoms with E-state index >= 15 is 0 Å². The molecule has 0 N–H and O–H groups in total. The molecule has 0 aliphatic carbocycles. The van der Waals surface area contributed by atoms with E-state index in [0.717, 1.165) is 12.1 Å². The second kappa shape index (κ2) is 16.1. The molecule has 0 radical (unpaired) electrons. The molecule has 0 unspecified atom stereocenters. The van der Waals surface area contributed by atoms with E-state index in [0.29, 0.717) is 30.8 Å². The van der Waals surface area contributed by atoms with Crippen LogP contribution in [0.15, 0.2) is 66.9 Å². The van der Waals surface area contributed by atoms with Gasteiger partial charge in [-0.3, -0.25) is 14.4 Å². The fraction of sp³-hybridized carbons (Fsp3) is 0.400. The van der Waals surface area contributed by atoms with E-state index in [9.17, 15) is 31.9 Å². The number of rotatable bonds is 7. The van der Waals surface area contributed by atoms with Crippen LogP contribution >= 0.6 is 0 Å². The highest BCUT2D eigenvalue weighted by Crippen LogP contribution is 2.36. The van der Waals surface area contributed by atoms with Crippen molar-refractivity contribution in [2.45, 2.75) is 50.6 Å². The van der Waals surface area contributed by atoms with Gasteiger partial charge in [0, 0.05) is 56.7 Å².